The third-order valence-electron chi connectivity index (χ3n) is 1.96. The van der Waals surface area contributed by atoms with E-state index in [0.717, 1.165) is 6.42 Å². The number of aliphatic imine (C=N–C) groups is 1. The highest BCUT2D eigenvalue weighted by Gasteiger charge is 2.17. The maximum atomic E-state index is 10.8. The summed E-state index contributed by atoms with van der Waals surface area (Å²) in [7, 11) is 0. The van der Waals surface area contributed by atoms with Gasteiger partial charge in [0.05, 0.1) is 12.6 Å². The Labute approximate surface area is 83.6 Å². The molecule has 1 aliphatic rings. The Bertz CT molecular complexity index is 238. The number of carbonyl (C=O) groups is 1. The van der Waals surface area contributed by atoms with Crippen LogP contribution in [0.25, 0.3) is 0 Å². The van der Waals surface area contributed by atoms with E-state index >= 15 is 0 Å². The first-order valence-corrected chi connectivity index (χ1v) is 4.83. The fourth-order valence-corrected chi connectivity index (χ4v) is 1.39. The summed E-state index contributed by atoms with van der Waals surface area (Å²) in [5, 5.41) is 14.6. The summed E-state index contributed by atoms with van der Waals surface area (Å²) < 4.78 is 0. The zero-order valence-electron chi connectivity index (χ0n) is 8.58. The first kappa shape index (κ1) is 11.0. The number of amides is 1. The normalized spacial score (nSPS) is 18.0. The van der Waals surface area contributed by atoms with E-state index in [2.05, 4.69) is 29.5 Å². The molecule has 0 saturated carbocycles. The highest BCUT2D eigenvalue weighted by atomic mass is 16.3. The second-order valence-corrected chi connectivity index (χ2v) is 3.87. The molecule has 14 heavy (non-hydrogen) atoms. The average Bonchev–Trinajstić information content (AvgIpc) is 2.49. The molecule has 5 nitrogen and oxygen atoms in total. The quantitative estimate of drug-likeness (QED) is 0.570. The number of hydrogen-bond acceptors (Lipinski definition) is 4. The number of guanidine groups is 1. The van der Waals surface area contributed by atoms with Crippen molar-refractivity contribution >= 4 is 11.9 Å². The van der Waals surface area contributed by atoms with Crippen LogP contribution in [0.5, 0.6) is 0 Å². The average molecular weight is 199 g/mol. The summed E-state index contributed by atoms with van der Waals surface area (Å²) in [6.07, 6.45) is 0.853. The molecule has 0 spiro atoms. The maximum Gasteiger partial charge on any atom is 0.248 e. The number of aliphatic hydroxyl groups is 1. The predicted molar refractivity (Wildman–Crippen MR) is 53.9 cm³/mol. The van der Waals surface area contributed by atoms with Gasteiger partial charge in [-0.15, -0.1) is 0 Å². The molecule has 0 aromatic carbocycles. The highest BCUT2D eigenvalue weighted by Crippen LogP contribution is 2.04. The zero-order valence-corrected chi connectivity index (χ0v) is 8.58. The van der Waals surface area contributed by atoms with Crippen LogP contribution < -0.4 is 10.6 Å². The maximum absolute atomic E-state index is 10.8. The van der Waals surface area contributed by atoms with Crippen molar-refractivity contribution in [2.75, 3.05) is 13.2 Å². The second-order valence-electron chi connectivity index (χ2n) is 3.87. The molecule has 0 aromatic rings. The van der Waals surface area contributed by atoms with Gasteiger partial charge in [0.2, 0.25) is 5.91 Å². The van der Waals surface area contributed by atoms with Crippen LogP contribution in [0.3, 0.4) is 0 Å². The molecule has 0 unspecified atom stereocenters. The molecule has 0 radical (unpaired) electrons. The Kier molecular flexibility index (Phi) is 3.88. The minimum Gasteiger partial charge on any atom is -0.394 e. The zero-order chi connectivity index (χ0) is 10.6. The Morgan fingerprint density at radius 1 is 1.64 bits per heavy atom. The molecule has 3 N–H and O–H groups in total. The van der Waals surface area contributed by atoms with Crippen molar-refractivity contribution in [1.29, 1.82) is 0 Å². The van der Waals surface area contributed by atoms with E-state index in [0.29, 0.717) is 11.9 Å². The molecule has 1 heterocycles. The van der Waals surface area contributed by atoms with Gasteiger partial charge in [0.1, 0.15) is 6.54 Å². The van der Waals surface area contributed by atoms with Gasteiger partial charge in [-0.1, -0.05) is 13.8 Å². The highest BCUT2D eigenvalue weighted by molar-refractivity contribution is 6.02. The molecule has 80 valence electrons. The van der Waals surface area contributed by atoms with Gasteiger partial charge in [0.15, 0.2) is 5.96 Å². The van der Waals surface area contributed by atoms with Gasteiger partial charge in [-0.05, 0) is 12.3 Å². The molecule has 0 bridgehead atoms. The molecule has 1 aliphatic heterocycles. The summed E-state index contributed by atoms with van der Waals surface area (Å²) in [5.74, 6) is 0.876. The minimum atomic E-state index is -0.103. The summed E-state index contributed by atoms with van der Waals surface area (Å²) in [4.78, 5) is 14.8. The number of nitrogens with zero attached hydrogens (tertiary/aromatic N) is 1. The van der Waals surface area contributed by atoms with E-state index in [4.69, 9.17) is 5.11 Å². The first-order valence-electron chi connectivity index (χ1n) is 4.83. The summed E-state index contributed by atoms with van der Waals surface area (Å²) in [6.45, 7) is 4.40. The standard InChI is InChI=1S/C9H17N3O2/c1-6(2)3-7(5-13)11-9-10-4-8(14)12-9/h6-7,13H,3-5H2,1-2H3,(H2,10,11,12,14)/t7-/m1/s1. The van der Waals surface area contributed by atoms with Crippen molar-refractivity contribution in [2.45, 2.75) is 26.3 Å². The van der Waals surface area contributed by atoms with Crippen LogP contribution in [-0.2, 0) is 4.79 Å². The molecular weight excluding hydrogens is 182 g/mol. The van der Waals surface area contributed by atoms with E-state index in [1.807, 2.05) is 0 Å². The fraction of sp³-hybridized carbons (Fsp3) is 0.778. The minimum absolute atomic E-state index is 0.0350. The van der Waals surface area contributed by atoms with Gasteiger partial charge in [-0.3, -0.25) is 10.1 Å². The van der Waals surface area contributed by atoms with Gasteiger partial charge in [-0.25, -0.2) is 4.99 Å². The third-order valence-corrected chi connectivity index (χ3v) is 1.96. The van der Waals surface area contributed by atoms with E-state index < -0.39 is 0 Å². The van der Waals surface area contributed by atoms with Crippen LogP contribution in [0, 0.1) is 5.92 Å². The van der Waals surface area contributed by atoms with Gasteiger partial charge >= 0.3 is 0 Å². The molecule has 0 aliphatic carbocycles. The van der Waals surface area contributed by atoms with Gasteiger partial charge in [0, 0.05) is 0 Å². The Balaban J connectivity index is 2.37. The van der Waals surface area contributed by atoms with E-state index in [1.54, 1.807) is 0 Å². The fourth-order valence-electron chi connectivity index (χ4n) is 1.39. The van der Waals surface area contributed by atoms with E-state index in [1.165, 1.54) is 0 Å². The van der Waals surface area contributed by atoms with Crippen molar-refractivity contribution in [3.8, 4) is 0 Å². The lowest BCUT2D eigenvalue weighted by atomic mass is 10.0. The molecule has 5 heteroatoms. The van der Waals surface area contributed by atoms with Gasteiger partial charge < -0.3 is 10.4 Å². The van der Waals surface area contributed by atoms with Crippen molar-refractivity contribution < 1.29 is 9.90 Å². The molecular formula is C9H17N3O2. The lowest BCUT2D eigenvalue weighted by molar-refractivity contribution is -0.117. The van der Waals surface area contributed by atoms with Gasteiger partial charge in [-0.2, -0.15) is 0 Å². The molecule has 1 amide bonds. The lowest BCUT2D eigenvalue weighted by Gasteiger charge is -2.18. The number of carbonyl (C=O) groups excluding carboxylic acids is 1. The Morgan fingerprint density at radius 2 is 2.36 bits per heavy atom. The molecule has 1 rings (SSSR count). The Morgan fingerprint density at radius 3 is 2.79 bits per heavy atom. The number of hydrogen-bond donors (Lipinski definition) is 3. The first-order chi connectivity index (χ1) is 6.61. The third kappa shape index (κ3) is 3.33. The van der Waals surface area contributed by atoms with E-state index in [-0.39, 0.29) is 25.1 Å². The monoisotopic (exact) mass is 199 g/mol. The number of rotatable bonds is 4. The Hall–Kier alpha value is -1.10. The van der Waals surface area contributed by atoms with Crippen LogP contribution >= 0.6 is 0 Å². The second kappa shape index (κ2) is 4.95. The van der Waals surface area contributed by atoms with Crippen molar-refractivity contribution in [2.24, 2.45) is 10.9 Å². The topological polar surface area (TPSA) is 73.7 Å². The molecule has 0 saturated heterocycles. The number of nitrogens with one attached hydrogen (secondary N) is 2. The summed E-state index contributed by atoms with van der Waals surface area (Å²) in [6, 6.07) is -0.0350. The summed E-state index contributed by atoms with van der Waals surface area (Å²) in [5.41, 5.74) is 0. The lowest BCUT2D eigenvalue weighted by Crippen LogP contribution is -2.44. The van der Waals surface area contributed by atoms with Crippen molar-refractivity contribution in [3.63, 3.8) is 0 Å². The number of aliphatic hydroxyl groups excluding tert-OH is 1. The molecule has 0 aromatic heterocycles. The van der Waals surface area contributed by atoms with Crippen molar-refractivity contribution in [1.82, 2.24) is 10.6 Å². The largest absolute Gasteiger partial charge is 0.394 e. The molecule has 0 fully saturated rings. The molecule has 1 atom stereocenters. The predicted octanol–water partition coefficient (Wildman–Crippen LogP) is -0.531. The van der Waals surface area contributed by atoms with E-state index in [9.17, 15) is 4.79 Å². The summed E-state index contributed by atoms with van der Waals surface area (Å²) >= 11 is 0. The van der Waals surface area contributed by atoms with Crippen LogP contribution in [0.1, 0.15) is 20.3 Å². The SMILES string of the molecule is CC(C)C[C@H](CO)NC1=NCC(=O)N1. The van der Waals surface area contributed by atoms with Crippen LogP contribution in [0.15, 0.2) is 4.99 Å². The van der Waals surface area contributed by atoms with Crippen LogP contribution in [0.4, 0.5) is 0 Å². The van der Waals surface area contributed by atoms with Crippen molar-refractivity contribution in [3.05, 3.63) is 0 Å². The van der Waals surface area contributed by atoms with Gasteiger partial charge in [0.25, 0.3) is 0 Å². The van der Waals surface area contributed by atoms with Crippen LogP contribution in [-0.4, -0.2) is 36.2 Å². The smallest absolute Gasteiger partial charge is 0.248 e. The van der Waals surface area contributed by atoms with Crippen LogP contribution in [0.2, 0.25) is 0 Å².